The Kier molecular flexibility index (Phi) is 5.41. The Balaban J connectivity index is 1.99. The number of carbonyl (C=O) groups excluding carboxylic acids is 1. The van der Waals surface area contributed by atoms with Crippen LogP contribution in [-0.2, 0) is 14.3 Å². The molecule has 2 unspecified atom stereocenters. The van der Waals surface area contributed by atoms with Gasteiger partial charge in [-0.25, -0.2) is 0 Å². The molecule has 1 aliphatic carbocycles. The highest BCUT2D eigenvalue weighted by molar-refractivity contribution is 5.81. The average molecular weight is 284 g/mol. The standard InChI is InChI=1S/C15H28N2O3/c1-4-16-15(14(18)19-3)8-5-13(11-15)17(2)12-6-9-20-10-7-12/h12-13,16H,4-11H2,1-3H3. The van der Waals surface area contributed by atoms with Gasteiger partial charge in [0, 0.05) is 25.3 Å². The Morgan fingerprint density at radius 1 is 1.35 bits per heavy atom. The van der Waals surface area contributed by atoms with Crippen molar-refractivity contribution in [2.24, 2.45) is 0 Å². The molecule has 2 atom stereocenters. The lowest BCUT2D eigenvalue weighted by atomic mass is 9.96. The van der Waals surface area contributed by atoms with Crippen molar-refractivity contribution in [3.05, 3.63) is 0 Å². The molecule has 0 bridgehead atoms. The minimum absolute atomic E-state index is 0.109. The number of esters is 1. The van der Waals surface area contributed by atoms with Crippen LogP contribution in [0, 0.1) is 0 Å². The first-order valence-corrected chi connectivity index (χ1v) is 7.76. The van der Waals surface area contributed by atoms with Crippen LogP contribution in [0.1, 0.15) is 39.0 Å². The molecular weight excluding hydrogens is 256 g/mol. The van der Waals surface area contributed by atoms with E-state index in [0.717, 1.165) is 51.9 Å². The second-order valence-corrected chi connectivity index (χ2v) is 6.01. The predicted octanol–water partition coefficient (Wildman–Crippen LogP) is 1.17. The van der Waals surface area contributed by atoms with Gasteiger partial charge in [-0.2, -0.15) is 0 Å². The van der Waals surface area contributed by atoms with Gasteiger partial charge in [0.15, 0.2) is 0 Å². The minimum Gasteiger partial charge on any atom is -0.468 e. The fourth-order valence-electron chi connectivity index (χ4n) is 3.71. The number of nitrogens with zero attached hydrogens (tertiary/aromatic N) is 1. The monoisotopic (exact) mass is 284 g/mol. The Morgan fingerprint density at radius 3 is 2.65 bits per heavy atom. The molecule has 2 aliphatic rings. The number of nitrogens with one attached hydrogen (secondary N) is 1. The number of hydrogen-bond donors (Lipinski definition) is 1. The summed E-state index contributed by atoms with van der Waals surface area (Å²) in [5.74, 6) is -0.109. The molecule has 0 spiro atoms. The Hall–Kier alpha value is -0.650. The van der Waals surface area contributed by atoms with Crippen molar-refractivity contribution in [2.45, 2.75) is 56.7 Å². The highest BCUT2D eigenvalue weighted by Crippen LogP contribution is 2.35. The van der Waals surface area contributed by atoms with Crippen molar-refractivity contribution in [1.82, 2.24) is 10.2 Å². The molecular formula is C15H28N2O3. The van der Waals surface area contributed by atoms with E-state index >= 15 is 0 Å². The Bertz CT molecular complexity index is 331. The van der Waals surface area contributed by atoms with Gasteiger partial charge in [0.25, 0.3) is 0 Å². The summed E-state index contributed by atoms with van der Waals surface area (Å²) in [6, 6.07) is 1.04. The van der Waals surface area contributed by atoms with Crippen molar-refractivity contribution >= 4 is 5.97 Å². The van der Waals surface area contributed by atoms with Gasteiger partial charge in [0.2, 0.25) is 0 Å². The van der Waals surface area contributed by atoms with Crippen molar-refractivity contribution in [3.63, 3.8) is 0 Å². The second-order valence-electron chi connectivity index (χ2n) is 6.01. The number of methoxy groups -OCH3 is 1. The quantitative estimate of drug-likeness (QED) is 0.768. The molecule has 5 heteroatoms. The van der Waals surface area contributed by atoms with E-state index in [1.807, 2.05) is 6.92 Å². The molecule has 1 saturated carbocycles. The lowest BCUT2D eigenvalue weighted by Gasteiger charge is -2.36. The van der Waals surface area contributed by atoms with E-state index in [4.69, 9.17) is 9.47 Å². The van der Waals surface area contributed by atoms with E-state index in [9.17, 15) is 4.79 Å². The molecule has 0 aromatic heterocycles. The summed E-state index contributed by atoms with van der Waals surface area (Å²) in [7, 11) is 3.68. The molecule has 0 aromatic carbocycles. The molecule has 2 rings (SSSR count). The Labute approximate surface area is 122 Å². The van der Waals surface area contributed by atoms with Crippen LogP contribution in [0.5, 0.6) is 0 Å². The molecule has 1 saturated heterocycles. The maximum Gasteiger partial charge on any atom is 0.326 e. The summed E-state index contributed by atoms with van der Waals surface area (Å²) in [5, 5.41) is 3.37. The third-order valence-corrected chi connectivity index (χ3v) is 4.92. The molecule has 1 aliphatic heterocycles. The topological polar surface area (TPSA) is 50.8 Å². The second kappa shape index (κ2) is 6.87. The predicted molar refractivity (Wildman–Crippen MR) is 77.7 cm³/mol. The molecule has 20 heavy (non-hydrogen) atoms. The highest BCUT2D eigenvalue weighted by Gasteiger charge is 2.47. The summed E-state index contributed by atoms with van der Waals surface area (Å²) in [5.41, 5.74) is -0.479. The normalized spacial score (nSPS) is 31.7. The smallest absolute Gasteiger partial charge is 0.326 e. The van der Waals surface area contributed by atoms with Crippen molar-refractivity contribution in [1.29, 1.82) is 0 Å². The van der Waals surface area contributed by atoms with Gasteiger partial charge in [-0.1, -0.05) is 6.92 Å². The fraction of sp³-hybridized carbons (Fsp3) is 0.933. The van der Waals surface area contributed by atoms with Gasteiger partial charge in [-0.05, 0) is 45.7 Å². The van der Waals surface area contributed by atoms with E-state index in [1.54, 1.807) is 0 Å². The summed E-state index contributed by atoms with van der Waals surface area (Å²) in [4.78, 5) is 14.6. The van der Waals surface area contributed by atoms with E-state index in [2.05, 4.69) is 17.3 Å². The van der Waals surface area contributed by atoms with Crippen LogP contribution in [0.3, 0.4) is 0 Å². The van der Waals surface area contributed by atoms with Crippen molar-refractivity contribution in [3.8, 4) is 0 Å². The fourth-order valence-corrected chi connectivity index (χ4v) is 3.71. The SMILES string of the molecule is CCNC1(C(=O)OC)CCC(N(C)C2CCOCC2)C1. The third kappa shape index (κ3) is 3.15. The van der Waals surface area contributed by atoms with Crippen LogP contribution < -0.4 is 5.32 Å². The van der Waals surface area contributed by atoms with Gasteiger partial charge in [0.05, 0.1) is 7.11 Å². The molecule has 5 nitrogen and oxygen atoms in total. The molecule has 0 amide bonds. The first-order chi connectivity index (χ1) is 9.63. The largest absolute Gasteiger partial charge is 0.468 e. The lowest BCUT2D eigenvalue weighted by molar-refractivity contribution is -0.148. The molecule has 116 valence electrons. The maximum absolute atomic E-state index is 12.1. The number of ether oxygens (including phenoxy) is 2. The zero-order valence-electron chi connectivity index (χ0n) is 13.0. The van der Waals surface area contributed by atoms with Crippen LogP contribution in [0.25, 0.3) is 0 Å². The molecule has 0 radical (unpaired) electrons. The van der Waals surface area contributed by atoms with E-state index in [1.165, 1.54) is 7.11 Å². The van der Waals surface area contributed by atoms with Crippen LogP contribution in [0.15, 0.2) is 0 Å². The molecule has 0 aromatic rings. The summed E-state index contributed by atoms with van der Waals surface area (Å²) in [6.45, 7) is 4.55. The first-order valence-electron chi connectivity index (χ1n) is 7.76. The number of hydrogen-bond acceptors (Lipinski definition) is 5. The maximum atomic E-state index is 12.1. The van der Waals surface area contributed by atoms with Crippen LogP contribution in [0.4, 0.5) is 0 Å². The van der Waals surface area contributed by atoms with Crippen molar-refractivity contribution in [2.75, 3.05) is 33.9 Å². The van der Waals surface area contributed by atoms with E-state index < -0.39 is 5.54 Å². The highest BCUT2D eigenvalue weighted by atomic mass is 16.5. The zero-order chi connectivity index (χ0) is 14.6. The van der Waals surface area contributed by atoms with Gasteiger partial charge in [-0.3, -0.25) is 4.79 Å². The molecule has 1 N–H and O–H groups in total. The number of carbonyl (C=O) groups is 1. The van der Waals surface area contributed by atoms with Gasteiger partial charge in [-0.15, -0.1) is 0 Å². The summed E-state index contributed by atoms with van der Waals surface area (Å²) in [6.07, 6.45) is 4.96. The van der Waals surface area contributed by atoms with Crippen LogP contribution >= 0.6 is 0 Å². The number of rotatable bonds is 5. The van der Waals surface area contributed by atoms with Gasteiger partial charge < -0.3 is 19.7 Å². The van der Waals surface area contributed by atoms with E-state index in [-0.39, 0.29) is 5.97 Å². The summed E-state index contributed by atoms with van der Waals surface area (Å²) >= 11 is 0. The van der Waals surface area contributed by atoms with Gasteiger partial charge in [0.1, 0.15) is 5.54 Å². The zero-order valence-corrected chi connectivity index (χ0v) is 13.0. The Morgan fingerprint density at radius 2 is 2.05 bits per heavy atom. The van der Waals surface area contributed by atoms with Crippen molar-refractivity contribution < 1.29 is 14.3 Å². The average Bonchev–Trinajstić information content (AvgIpc) is 2.92. The lowest BCUT2D eigenvalue weighted by Crippen LogP contribution is -2.52. The van der Waals surface area contributed by atoms with Gasteiger partial charge >= 0.3 is 5.97 Å². The number of likely N-dealkylation sites (N-methyl/N-ethyl adjacent to an activating group) is 1. The van der Waals surface area contributed by atoms with E-state index in [0.29, 0.717) is 12.1 Å². The minimum atomic E-state index is -0.479. The molecule has 1 heterocycles. The third-order valence-electron chi connectivity index (χ3n) is 4.92. The molecule has 2 fully saturated rings. The van der Waals surface area contributed by atoms with Crippen LogP contribution in [0.2, 0.25) is 0 Å². The first kappa shape index (κ1) is 15.7. The van der Waals surface area contributed by atoms with Crippen LogP contribution in [-0.4, -0.2) is 62.4 Å². The summed E-state index contributed by atoms with van der Waals surface area (Å²) < 4.78 is 10.5.